The number of rotatable bonds is 9. The Bertz CT molecular complexity index is 1490. The molecule has 184 valence electrons. The fourth-order valence-corrected chi connectivity index (χ4v) is 6.24. The molecule has 5 aromatic rings. The summed E-state index contributed by atoms with van der Waals surface area (Å²) in [6.45, 7) is 4.80. The minimum atomic E-state index is -0.321. The summed E-state index contributed by atoms with van der Waals surface area (Å²) in [5, 5.41) is 15.3. The third kappa shape index (κ3) is 4.66. The number of esters is 1. The van der Waals surface area contributed by atoms with Crippen LogP contribution in [0.3, 0.4) is 0 Å². The van der Waals surface area contributed by atoms with E-state index in [0.717, 1.165) is 61.9 Å². The van der Waals surface area contributed by atoms with Crippen LogP contribution in [0.5, 0.6) is 0 Å². The molecule has 0 unspecified atom stereocenters. The summed E-state index contributed by atoms with van der Waals surface area (Å²) < 4.78 is 7.25. The van der Waals surface area contributed by atoms with Gasteiger partial charge in [-0.3, -0.25) is 0 Å². The lowest BCUT2D eigenvalue weighted by atomic mass is 9.98. The summed E-state index contributed by atoms with van der Waals surface area (Å²) in [5.41, 5.74) is 5.92. The molecule has 0 saturated carbocycles. The number of aromatic nitrogens is 6. The number of ether oxygens (including phenoxy) is 1. The summed E-state index contributed by atoms with van der Waals surface area (Å²) in [5.74, 6) is 1.30. The number of thiophene rings is 1. The van der Waals surface area contributed by atoms with Gasteiger partial charge in [-0.1, -0.05) is 73.6 Å². The van der Waals surface area contributed by atoms with E-state index in [-0.39, 0.29) is 5.97 Å². The van der Waals surface area contributed by atoms with Crippen molar-refractivity contribution in [1.29, 1.82) is 0 Å². The fourth-order valence-electron chi connectivity index (χ4n) is 4.14. The van der Waals surface area contributed by atoms with E-state index in [0.29, 0.717) is 17.2 Å². The molecule has 1 N–H and O–H groups in total. The molecule has 10 heteroatoms. The fraction of sp³-hybridized carbons (Fsp3) is 0.269. The summed E-state index contributed by atoms with van der Waals surface area (Å²) in [6, 6.07) is 16.5. The number of hydrogen-bond acceptors (Lipinski definition) is 8. The number of hydrogen-bond donors (Lipinski definition) is 1. The monoisotopic (exact) mass is 518 g/mol. The van der Waals surface area contributed by atoms with E-state index < -0.39 is 0 Å². The van der Waals surface area contributed by atoms with Crippen molar-refractivity contribution in [3.63, 3.8) is 0 Å². The summed E-state index contributed by atoms with van der Waals surface area (Å²) in [6.07, 6.45) is 2.24. The highest BCUT2D eigenvalue weighted by atomic mass is 32.2. The topological polar surface area (TPSA) is 98.6 Å². The number of H-pyrrole nitrogens is 1. The molecule has 0 fully saturated rings. The number of carbonyl (C=O) groups is 1. The standard InChI is InChI=1S/C26H26N6O2S2/c1-4-5-14-35-26-27-21-16(2)36-23(25(33)34-3)22(21)32(26)15-17-10-12-18(13-11-17)19-8-6-7-9-20(19)24-28-30-31-29-24/h6-13H,4-5,14-15H2,1-3H3,(H,28,29,30,31). The van der Waals surface area contributed by atoms with Crippen LogP contribution in [-0.2, 0) is 11.3 Å². The van der Waals surface area contributed by atoms with Gasteiger partial charge in [-0.2, -0.15) is 0 Å². The maximum Gasteiger partial charge on any atom is 0.350 e. The number of imidazole rings is 1. The van der Waals surface area contributed by atoms with Crippen molar-refractivity contribution in [3.05, 3.63) is 63.8 Å². The van der Waals surface area contributed by atoms with Crippen LogP contribution in [0.25, 0.3) is 33.5 Å². The number of nitrogens with zero attached hydrogens (tertiary/aromatic N) is 5. The zero-order valence-corrected chi connectivity index (χ0v) is 21.9. The molecular formula is C26H26N6O2S2. The zero-order chi connectivity index (χ0) is 25.1. The molecule has 0 atom stereocenters. The van der Waals surface area contributed by atoms with Gasteiger partial charge >= 0.3 is 5.97 Å². The van der Waals surface area contributed by atoms with E-state index in [1.165, 1.54) is 18.4 Å². The molecule has 3 heterocycles. The van der Waals surface area contributed by atoms with Gasteiger partial charge in [0.15, 0.2) is 11.0 Å². The Kier molecular flexibility index (Phi) is 7.15. The van der Waals surface area contributed by atoms with Crippen LogP contribution in [0.2, 0.25) is 0 Å². The first-order valence-corrected chi connectivity index (χ1v) is 13.5. The van der Waals surface area contributed by atoms with Gasteiger partial charge in [-0.15, -0.1) is 16.4 Å². The molecule has 0 aliphatic carbocycles. The summed E-state index contributed by atoms with van der Waals surface area (Å²) in [7, 11) is 1.42. The van der Waals surface area contributed by atoms with Crippen molar-refractivity contribution in [2.24, 2.45) is 0 Å². The van der Waals surface area contributed by atoms with Gasteiger partial charge in [0.1, 0.15) is 10.4 Å². The van der Waals surface area contributed by atoms with Crippen LogP contribution >= 0.6 is 23.1 Å². The van der Waals surface area contributed by atoms with E-state index >= 15 is 0 Å². The van der Waals surface area contributed by atoms with Crippen LogP contribution < -0.4 is 0 Å². The van der Waals surface area contributed by atoms with E-state index in [1.807, 2.05) is 25.1 Å². The number of aromatic amines is 1. The summed E-state index contributed by atoms with van der Waals surface area (Å²) >= 11 is 3.18. The number of fused-ring (bicyclic) bond motifs is 1. The molecule has 0 amide bonds. The SMILES string of the molecule is CCCCSc1nc2c(C)sc(C(=O)OC)c2n1Cc1ccc(-c2ccccc2-c2nnn[nH]2)cc1. The Morgan fingerprint density at radius 2 is 1.92 bits per heavy atom. The van der Waals surface area contributed by atoms with Gasteiger partial charge < -0.3 is 9.30 Å². The Morgan fingerprint density at radius 3 is 2.61 bits per heavy atom. The number of tetrazole rings is 1. The Balaban J connectivity index is 1.51. The second kappa shape index (κ2) is 10.6. The molecule has 0 saturated heterocycles. The number of benzene rings is 2. The maximum atomic E-state index is 12.6. The minimum absolute atomic E-state index is 0.321. The molecule has 36 heavy (non-hydrogen) atoms. The molecule has 0 bridgehead atoms. The molecular weight excluding hydrogens is 492 g/mol. The van der Waals surface area contributed by atoms with E-state index in [4.69, 9.17) is 9.72 Å². The second-order valence-corrected chi connectivity index (χ2v) is 10.6. The predicted molar refractivity (Wildman–Crippen MR) is 143 cm³/mol. The van der Waals surface area contributed by atoms with E-state index in [1.54, 1.807) is 11.8 Å². The highest BCUT2D eigenvalue weighted by Gasteiger charge is 2.24. The number of nitrogens with one attached hydrogen (secondary N) is 1. The molecule has 0 spiro atoms. The number of aryl methyl sites for hydroxylation is 1. The first-order chi connectivity index (χ1) is 17.6. The lowest BCUT2D eigenvalue weighted by Crippen LogP contribution is -2.06. The highest BCUT2D eigenvalue weighted by Crippen LogP contribution is 2.36. The van der Waals surface area contributed by atoms with Crippen LogP contribution in [-0.4, -0.2) is 49.0 Å². The van der Waals surface area contributed by atoms with Gasteiger partial charge in [0, 0.05) is 16.2 Å². The first-order valence-electron chi connectivity index (χ1n) is 11.7. The van der Waals surface area contributed by atoms with Gasteiger partial charge in [-0.05, 0) is 40.5 Å². The van der Waals surface area contributed by atoms with Crippen molar-refractivity contribution >= 4 is 40.1 Å². The van der Waals surface area contributed by atoms with Gasteiger partial charge in [-0.25, -0.2) is 14.9 Å². The van der Waals surface area contributed by atoms with E-state index in [2.05, 4.69) is 62.4 Å². The van der Waals surface area contributed by atoms with Crippen LogP contribution in [0.4, 0.5) is 0 Å². The van der Waals surface area contributed by atoms with Gasteiger partial charge in [0.05, 0.1) is 19.2 Å². The third-order valence-corrected chi connectivity index (χ3v) is 8.10. The quantitative estimate of drug-likeness (QED) is 0.146. The highest BCUT2D eigenvalue weighted by molar-refractivity contribution is 7.99. The van der Waals surface area contributed by atoms with Crippen LogP contribution in [0.1, 0.15) is 39.9 Å². The van der Waals surface area contributed by atoms with Crippen molar-refractivity contribution in [2.75, 3.05) is 12.9 Å². The molecule has 2 aromatic carbocycles. The van der Waals surface area contributed by atoms with Crippen LogP contribution in [0.15, 0.2) is 53.7 Å². The van der Waals surface area contributed by atoms with Crippen molar-refractivity contribution < 1.29 is 9.53 Å². The number of carbonyl (C=O) groups excluding carboxylic acids is 1. The van der Waals surface area contributed by atoms with E-state index in [9.17, 15) is 4.79 Å². The van der Waals surface area contributed by atoms with Gasteiger partial charge in [0.2, 0.25) is 0 Å². The molecule has 0 aliphatic rings. The van der Waals surface area contributed by atoms with Gasteiger partial charge in [0.25, 0.3) is 0 Å². The first kappa shape index (κ1) is 24.2. The molecule has 3 aromatic heterocycles. The van der Waals surface area contributed by atoms with Crippen LogP contribution in [0, 0.1) is 6.92 Å². The molecule has 0 radical (unpaired) electrons. The lowest BCUT2D eigenvalue weighted by Gasteiger charge is -2.11. The number of thioether (sulfide) groups is 1. The zero-order valence-electron chi connectivity index (χ0n) is 20.3. The number of unbranched alkanes of at least 4 members (excludes halogenated alkanes) is 1. The Labute approximate surface area is 217 Å². The Hall–Kier alpha value is -3.50. The molecule has 8 nitrogen and oxygen atoms in total. The smallest absolute Gasteiger partial charge is 0.350 e. The minimum Gasteiger partial charge on any atom is -0.465 e. The molecule has 5 rings (SSSR count). The number of methoxy groups -OCH3 is 1. The largest absolute Gasteiger partial charge is 0.465 e. The predicted octanol–water partition coefficient (Wildman–Crippen LogP) is 5.98. The normalized spacial score (nSPS) is 11.3. The molecule has 0 aliphatic heterocycles. The maximum absolute atomic E-state index is 12.6. The third-order valence-electron chi connectivity index (χ3n) is 5.97. The van der Waals surface area contributed by atoms with Crippen molar-refractivity contribution in [3.8, 4) is 22.5 Å². The summed E-state index contributed by atoms with van der Waals surface area (Å²) in [4.78, 5) is 19.1. The lowest BCUT2D eigenvalue weighted by molar-refractivity contribution is 0.0608. The average molecular weight is 519 g/mol. The average Bonchev–Trinajstić information content (AvgIpc) is 3.63. The van der Waals surface area contributed by atoms with Crippen molar-refractivity contribution in [1.82, 2.24) is 30.2 Å². The Morgan fingerprint density at radius 1 is 1.14 bits per heavy atom. The van der Waals surface area contributed by atoms with Crippen molar-refractivity contribution in [2.45, 2.75) is 38.4 Å². The second-order valence-electron chi connectivity index (χ2n) is 8.35.